The molecule has 0 bridgehead atoms. The van der Waals surface area contributed by atoms with Crippen molar-refractivity contribution in [2.75, 3.05) is 10.0 Å². The number of nitrogens with zero attached hydrogens (tertiary/aromatic N) is 1. The first-order valence-corrected chi connectivity index (χ1v) is 11.2. The summed E-state index contributed by atoms with van der Waals surface area (Å²) < 4.78 is 32.9. The zero-order chi connectivity index (χ0) is 21.0. The van der Waals surface area contributed by atoms with Crippen LogP contribution in [0.5, 0.6) is 5.75 Å². The summed E-state index contributed by atoms with van der Waals surface area (Å²) >= 11 is 1.19. The summed E-state index contributed by atoms with van der Waals surface area (Å²) in [7, 11) is -3.73. The standard InChI is InChI=1S/C20H21N3O4S2/c1-13-4-5-14(2)18(12-13)27-15(3)19(24)22-16-6-8-17(9-7-16)29(25,26)23-20-21-10-11-28-20/h4-12,15H,1-3H3,(H,21,23)(H,22,24)/t15-/m1/s1. The number of ether oxygens (including phenoxy) is 1. The van der Waals surface area contributed by atoms with Gasteiger partial charge in [-0.25, -0.2) is 13.4 Å². The molecule has 0 aliphatic heterocycles. The van der Waals surface area contributed by atoms with Crippen molar-refractivity contribution in [3.05, 3.63) is 65.2 Å². The van der Waals surface area contributed by atoms with Gasteiger partial charge in [-0.3, -0.25) is 9.52 Å². The summed E-state index contributed by atoms with van der Waals surface area (Å²) in [6.45, 7) is 5.53. The molecule has 0 aliphatic rings. The van der Waals surface area contributed by atoms with Crippen LogP contribution in [0.15, 0.2) is 58.9 Å². The van der Waals surface area contributed by atoms with E-state index < -0.39 is 16.1 Å². The van der Waals surface area contributed by atoms with Gasteiger partial charge in [0.2, 0.25) is 0 Å². The highest BCUT2D eigenvalue weighted by Crippen LogP contribution is 2.22. The van der Waals surface area contributed by atoms with Gasteiger partial charge in [0.25, 0.3) is 15.9 Å². The number of benzene rings is 2. The van der Waals surface area contributed by atoms with Gasteiger partial charge in [0.1, 0.15) is 5.75 Å². The van der Waals surface area contributed by atoms with Crippen LogP contribution in [0.25, 0.3) is 0 Å². The molecule has 7 nitrogen and oxygen atoms in total. The fourth-order valence-electron chi connectivity index (χ4n) is 2.49. The highest BCUT2D eigenvalue weighted by atomic mass is 32.2. The Hall–Kier alpha value is -2.91. The Morgan fingerprint density at radius 2 is 1.86 bits per heavy atom. The summed E-state index contributed by atoms with van der Waals surface area (Å²) in [4.78, 5) is 16.4. The smallest absolute Gasteiger partial charge is 0.265 e. The van der Waals surface area contributed by atoms with Crippen molar-refractivity contribution < 1.29 is 17.9 Å². The Morgan fingerprint density at radius 3 is 2.52 bits per heavy atom. The molecule has 1 amide bonds. The van der Waals surface area contributed by atoms with Gasteiger partial charge in [0, 0.05) is 17.3 Å². The fraction of sp³-hybridized carbons (Fsp3) is 0.200. The third-order valence-electron chi connectivity index (χ3n) is 4.10. The van der Waals surface area contributed by atoms with E-state index in [0.717, 1.165) is 11.1 Å². The Bertz CT molecular complexity index is 1100. The predicted octanol–water partition coefficient (Wildman–Crippen LogP) is 3.97. The first-order valence-electron chi connectivity index (χ1n) is 8.82. The summed E-state index contributed by atoms with van der Waals surface area (Å²) in [6.07, 6.45) is 0.799. The largest absolute Gasteiger partial charge is 0.481 e. The maximum absolute atomic E-state index is 12.4. The summed E-state index contributed by atoms with van der Waals surface area (Å²) in [5.41, 5.74) is 2.46. The first kappa shape index (κ1) is 20.8. The Kier molecular flexibility index (Phi) is 6.19. The zero-order valence-corrected chi connectivity index (χ0v) is 17.8. The minimum Gasteiger partial charge on any atom is -0.481 e. The van der Waals surface area contributed by atoms with Crippen molar-refractivity contribution in [2.24, 2.45) is 0 Å². The number of aryl methyl sites for hydroxylation is 2. The van der Waals surface area contributed by atoms with Crippen LogP contribution in [0, 0.1) is 13.8 Å². The van der Waals surface area contributed by atoms with E-state index >= 15 is 0 Å². The summed E-state index contributed by atoms with van der Waals surface area (Å²) in [5, 5.41) is 4.70. The Labute approximate surface area is 173 Å². The first-order chi connectivity index (χ1) is 13.7. The molecule has 0 radical (unpaired) electrons. The van der Waals surface area contributed by atoms with Crippen LogP contribution in [0.3, 0.4) is 0 Å². The number of rotatable bonds is 7. The third-order valence-corrected chi connectivity index (χ3v) is 6.28. The Morgan fingerprint density at radius 1 is 1.14 bits per heavy atom. The van der Waals surface area contributed by atoms with Gasteiger partial charge in [-0.2, -0.15) is 0 Å². The number of anilines is 2. The molecule has 2 aromatic carbocycles. The molecule has 9 heteroatoms. The van der Waals surface area contributed by atoms with Crippen LogP contribution in [-0.4, -0.2) is 25.4 Å². The molecule has 0 saturated carbocycles. The monoisotopic (exact) mass is 431 g/mol. The molecule has 0 spiro atoms. The van der Waals surface area contributed by atoms with Crippen molar-refractivity contribution in [2.45, 2.75) is 31.8 Å². The lowest BCUT2D eigenvalue weighted by molar-refractivity contribution is -0.122. The number of carbonyl (C=O) groups is 1. The van der Waals surface area contributed by atoms with Crippen LogP contribution in [0.1, 0.15) is 18.1 Å². The molecule has 0 unspecified atom stereocenters. The van der Waals surface area contributed by atoms with Gasteiger partial charge in [0.15, 0.2) is 11.2 Å². The predicted molar refractivity (Wildman–Crippen MR) is 114 cm³/mol. The normalized spacial score (nSPS) is 12.2. The lowest BCUT2D eigenvalue weighted by Crippen LogP contribution is -2.30. The van der Waals surface area contributed by atoms with Gasteiger partial charge in [0.05, 0.1) is 4.90 Å². The number of thiazole rings is 1. The minimum absolute atomic E-state index is 0.0744. The lowest BCUT2D eigenvalue weighted by atomic mass is 10.1. The number of amides is 1. The second-order valence-corrected chi connectivity index (χ2v) is 9.06. The number of carbonyl (C=O) groups excluding carboxylic acids is 1. The van der Waals surface area contributed by atoms with E-state index in [2.05, 4.69) is 15.0 Å². The highest BCUT2D eigenvalue weighted by Gasteiger charge is 2.18. The number of sulfonamides is 1. The molecule has 0 saturated heterocycles. The van der Waals surface area contributed by atoms with Crippen LogP contribution < -0.4 is 14.8 Å². The molecule has 2 N–H and O–H groups in total. The molecule has 1 heterocycles. The number of hydrogen-bond donors (Lipinski definition) is 2. The topological polar surface area (TPSA) is 97.4 Å². The molecule has 3 rings (SSSR count). The van der Waals surface area contributed by atoms with Gasteiger partial charge >= 0.3 is 0 Å². The number of nitrogens with one attached hydrogen (secondary N) is 2. The van der Waals surface area contributed by atoms with E-state index in [4.69, 9.17) is 4.74 Å². The highest BCUT2D eigenvalue weighted by molar-refractivity contribution is 7.93. The van der Waals surface area contributed by atoms with E-state index in [1.165, 1.54) is 41.8 Å². The second-order valence-electron chi connectivity index (χ2n) is 6.49. The molecule has 29 heavy (non-hydrogen) atoms. The van der Waals surface area contributed by atoms with Gasteiger partial charge in [-0.1, -0.05) is 12.1 Å². The van der Waals surface area contributed by atoms with E-state index in [0.29, 0.717) is 16.6 Å². The van der Waals surface area contributed by atoms with Crippen LogP contribution in [-0.2, 0) is 14.8 Å². The van der Waals surface area contributed by atoms with Crippen molar-refractivity contribution in [1.29, 1.82) is 0 Å². The zero-order valence-electron chi connectivity index (χ0n) is 16.2. The van der Waals surface area contributed by atoms with Gasteiger partial charge in [-0.05, 0) is 62.2 Å². The number of aromatic nitrogens is 1. The third kappa shape index (κ3) is 5.33. The SMILES string of the molecule is Cc1ccc(C)c(O[C@H](C)C(=O)Nc2ccc(S(=O)(=O)Nc3nccs3)cc2)c1. The van der Waals surface area contributed by atoms with Crippen molar-refractivity contribution >= 4 is 38.1 Å². The average Bonchev–Trinajstić information content (AvgIpc) is 3.17. The molecule has 0 fully saturated rings. The maximum Gasteiger partial charge on any atom is 0.265 e. The quantitative estimate of drug-likeness (QED) is 0.590. The van der Waals surface area contributed by atoms with E-state index in [9.17, 15) is 13.2 Å². The summed E-state index contributed by atoms with van der Waals surface area (Å²) in [6, 6.07) is 11.7. The summed E-state index contributed by atoms with van der Waals surface area (Å²) in [5.74, 6) is 0.324. The van der Waals surface area contributed by atoms with Crippen LogP contribution in [0.2, 0.25) is 0 Å². The molecule has 152 valence electrons. The van der Waals surface area contributed by atoms with Crippen molar-refractivity contribution in [3.8, 4) is 5.75 Å². The minimum atomic E-state index is -3.73. The number of hydrogen-bond acceptors (Lipinski definition) is 6. The van der Waals surface area contributed by atoms with Gasteiger partial charge in [-0.15, -0.1) is 11.3 Å². The molecule has 1 atom stereocenters. The molecular formula is C20H21N3O4S2. The van der Waals surface area contributed by atoms with Crippen LogP contribution in [0.4, 0.5) is 10.8 Å². The van der Waals surface area contributed by atoms with Crippen molar-refractivity contribution in [1.82, 2.24) is 4.98 Å². The Balaban J connectivity index is 1.64. The van der Waals surface area contributed by atoms with E-state index in [-0.39, 0.29) is 10.8 Å². The van der Waals surface area contributed by atoms with Gasteiger partial charge < -0.3 is 10.1 Å². The van der Waals surface area contributed by atoms with Crippen LogP contribution >= 0.6 is 11.3 Å². The molecule has 0 aliphatic carbocycles. The van der Waals surface area contributed by atoms with E-state index in [1.54, 1.807) is 12.3 Å². The fourth-order valence-corrected chi connectivity index (χ4v) is 4.28. The molecule has 1 aromatic heterocycles. The maximum atomic E-state index is 12.4. The van der Waals surface area contributed by atoms with Crippen molar-refractivity contribution in [3.63, 3.8) is 0 Å². The molecule has 3 aromatic rings. The van der Waals surface area contributed by atoms with E-state index in [1.807, 2.05) is 32.0 Å². The second kappa shape index (κ2) is 8.62. The lowest BCUT2D eigenvalue weighted by Gasteiger charge is -2.17. The molecular weight excluding hydrogens is 410 g/mol. The average molecular weight is 432 g/mol.